The van der Waals surface area contributed by atoms with Crippen LogP contribution >= 0.6 is 11.5 Å². The molecule has 122 valence electrons. The van der Waals surface area contributed by atoms with E-state index in [4.69, 9.17) is 0 Å². The summed E-state index contributed by atoms with van der Waals surface area (Å²) in [7, 11) is 1.30. The Morgan fingerprint density at radius 2 is 2.04 bits per heavy atom. The van der Waals surface area contributed by atoms with Crippen molar-refractivity contribution in [1.29, 1.82) is 0 Å². The van der Waals surface area contributed by atoms with Crippen molar-refractivity contribution in [3.63, 3.8) is 0 Å². The molecule has 0 amide bonds. The highest BCUT2D eigenvalue weighted by Crippen LogP contribution is 2.31. The molecule has 2 aromatic heterocycles. The molecule has 0 spiro atoms. The highest BCUT2D eigenvalue weighted by Gasteiger charge is 2.36. The molecule has 0 bridgehead atoms. The van der Waals surface area contributed by atoms with Gasteiger partial charge in [-0.1, -0.05) is 18.2 Å². The van der Waals surface area contributed by atoms with E-state index in [1.807, 2.05) is 24.3 Å². The lowest BCUT2D eigenvalue weighted by Gasteiger charge is -2.10. The van der Waals surface area contributed by atoms with Crippen LogP contribution in [0.3, 0.4) is 0 Å². The summed E-state index contributed by atoms with van der Waals surface area (Å²) in [6, 6.07) is 7.94. The van der Waals surface area contributed by atoms with Gasteiger partial charge in [0.15, 0.2) is 0 Å². The number of nitrogens with one attached hydrogen (secondary N) is 1. The Kier molecular flexibility index (Phi) is 4.36. The van der Waals surface area contributed by atoms with Crippen LogP contribution in [0.25, 0.3) is 10.1 Å². The standard InChI is InChI=1S/C15H15F3N4S/c1-22-14(15(16,17)18)10(9-20-22)8-19-7-6-12-11-4-2-3-5-13(11)23-21-12/h2-5,9,19H,6-8H2,1H3. The molecule has 23 heavy (non-hydrogen) atoms. The van der Waals surface area contributed by atoms with Crippen molar-refractivity contribution in [2.75, 3.05) is 6.54 Å². The summed E-state index contributed by atoms with van der Waals surface area (Å²) in [5, 5.41) is 7.85. The van der Waals surface area contributed by atoms with E-state index in [9.17, 15) is 13.2 Å². The van der Waals surface area contributed by atoms with Crippen LogP contribution in [0.4, 0.5) is 13.2 Å². The Labute approximate surface area is 135 Å². The maximum atomic E-state index is 13.0. The Morgan fingerprint density at radius 1 is 1.26 bits per heavy atom. The van der Waals surface area contributed by atoms with Gasteiger partial charge in [-0.15, -0.1) is 0 Å². The van der Waals surface area contributed by atoms with Gasteiger partial charge in [0.2, 0.25) is 0 Å². The second-order valence-electron chi connectivity index (χ2n) is 5.19. The van der Waals surface area contributed by atoms with Crippen LogP contribution in [0.15, 0.2) is 30.5 Å². The summed E-state index contributed by atoms with van der Waals surface area (Å²) in [5.41, 5.74) is 0.424. The molecule has 0 radical (unpaired) electrons. The van der Waals surface area contributed by atoms with Gasteiger partial charge in [0.05, 0.1) is 16.6 Å². The quantitative estimate of drug-likeness (QED) is 0.724. The lowest BCUT2D eigenvalue weighted by Crippen LogP contribution is -2.20. The van der Waals surface area contributed by atoms with Gasteiger partial charge in [0, 0.05) is 37.5 Å². The summed E-state index contributed by atoms with van der Waals surface area (Å²) < 4.78 is 45.2. The number of hydrogen-bond donors (Lipinski definition) is 1. The Bertz CT molecular complexity index is 807. The van der Waals surface area contributed by atoms with Crippen molar-refractivity contribution in [3.8, 4) is 0 Å². The van der Waals surface area contributed by atoms with Gasteiger partial charge in [0.1, 0.15) is 5.69 Å². The number of aromatic nitrogens is 3. The van der Waals surface area contributed by atoms with Crippen LogP contribution in [0.2, 0.25) is 0 Å². The van der Waals surface area contributed by atoms with Crippen molar-refractivity contribution in [1.82, 2.24) is 19.5 Å². The normalized spacial score (nSPS) is 12.2. The number of nitrogens with zero attached hydrogens (tertiary/aromatic N) is 3. The third-order valence-corrected chi connectivity index (χ3v) is 4.45. The third-order valence-electron chi connectivity index (χ3n) is 3.59. The summed E-state index contributed by atoms with van der Waals surface area (Å²) >= 11 is 1.44. The van der Waals surface area contributed by atoms with E-state index in [1.165, 1.54) is 24.8 Å². The lowest BCUT2D eigenvalue weighted by molar-refractivity contribution is -0.144. The molecule has 4 nitrogen and oxygen atoms in total. The minimum atomic E-state index is -4.40. The van der Waals surface area contributed by atoms with Crippen LogP contribution in [0.5, 0.6) is 0 Å². The number of hydrogen-bond acceptors (Lipinski definition) is 4. The highest BCUT2D eigenvalue weighted by molar-refractivity contribution is 7.13. The van der Waals surface area contributed by atoms with Gasteiger partial charge in [-0.05, 0) is 17.6 Å². The van der Waals surface area contributed by atoms with E-state index in [1.54, 1.807) is 0 Å². The lowest BCUT2D eigenvalue weighted by atomic mass is 10.2. The van der Waals surface area contributed by atoms with Crippen LogP contribution in [-0.4, -0.2) is 20.7 Å². The summed E-state index contributed by atoms with van der Waals surface area (Å²) in [4.78, 5) is 0. The first-order valence-electron chi connectivity index (χ1n) is 7.09. The Morgan fingerprint density at radius 3 is 2.83 bits per heavy atom. The van der Waals surface area contributed by atoms with Gasteiger partial charge < -0.3 is 5.32 Å². The largest absolute Gasteiger partial charge is 0.433 e. The van der Waals surface area contributed by atoms with Crippen molar-refractivity contribution in [2.45, 2.75) is 19.1 Å². The molecule has 1 aromatic carbocycles. The smallest absolute Gasteiger partial charge is 0.312 e. The maximum absolute atomic E-state index is 13.0. The van der Waals surface area contributed by atoms with E-state index in [0.717, 1.165) is 20.5 Å². The monoisotopic (exact) mass is 340 g/mol. The van der Waals surface area contributed by atoms with Crippen molar-refractivity contribution < 1.29 is 13.2 Å². The molecule has 0 atom stereocenters. The van der Waals surface area contributed by atoms with Gasteiger partial charge in [-0.2, -0.15) is 22.6 Å². The average molecular weight is 340 g/mol. The van der Waals surface area contributed by atoms with Crippen LogP contribution in [0.1, 0.15) is 17.0 Å². The molecule has 3 rings (SSSR count). The van der Waals surface area contributed by atoms with Crippen LogP contribution in [0, 0.1) is 0 Å². The molecular weight excluding hydrogens is 325 g/mol. The number of fused-ring (bicyclic) bond motifs is 1. The topological polar surface area (TPSA) is 42.7 Å². The molecule has 0 aliphatic carbocycles. The van der Waals surface area contributed by atoms with Crippen molar-refractivity contribution in [3.05, 3.63) is 47.4 Å². The summed E-state index contributed by atoms with van der Waals surface area (Å²) in [6.07, 6.45) is -2.47. The molecule has 8 heteroatoms. The Hall–Kier alpha value is -1.93. The van der Waals surface area contributed by atoms with E-state index in [2.05, 4.69) is 14.8 Å². The molecule has 0 saturated carbocycles. The number of alkyl halides is 3. The SMILES string of the molecule is Cn1ncc(CNCCc2nsc3ccccc23)c1C(F)(F)F. The summed E-state index contributed by atoms with van der Waals surface area (Å²) in [5.74, 6) is 0. The molecule has 0 saturated heterocycles. The van der Waals surface area contributed by atoms with E-state index >= 15 is 0 Å². The van der Waals surface area contributed by atoms with Crippen molar-refractivity contribution in [2.24, 2.45) is 7.05 Å². The van der Waals surface area contributed by atoms with Gasteiger partial charge in [-0.3, -0.25) is 4.68 Å². The Balaban J connectivity index is 1.61. The third kappa shape index (κ3) is 3.37. The van der Waals surface area contributed by atoms with Gasteiger partial charge in [0.25, 0.3) is 0 Å². The first-order chi connectivity index (χ1) is 11.0. The molecule has 0 aliphatic heterocycles. The zero-order chi connectivity index (χ0) is 16.4. The predicted molar refractivity (Wildman–Crippen MR) is 83.2 cm³/mol. The fraction of sp³-hybridized carbons (Fsp3) is 0.333. The van der Waals surface area contributed by atoms with Gasteiger partial charge in [-0.25, -0.2) is 0 Å². The minimum absolute atomic E-state index is 0.130. The first kappa shape index (κ1) is 15.9. The van der Waals surface area contributed by atoms with Crippen molar-refractivity contribution >= 4 is 21.6 Å². The molecule has 0 unspecified atom stereocenters. The number of benzene rings is 1. The van der Waals surface area contributed by atoms with Gasteiger partial charge >= 0.3 is 6.18 Å². The molecule has 0 fully saturated rings. The molecule has 0 aliphatic rings. The number of aryl methyl sites for hydroxylation is 1. The number of halogens is 3. The fourth-order valence-corrected chi connectivity index (χ4v) is 3.35. The second kappa shape index (κ2) is 6.29. The zero-order valence-electron chi connectivity index (χ0n) is 12.4. The molecule has 2 heterocycles. The molecule has 3 aromatic rings. The highest BCUT2D eigenvalue weighted by atomic mass is 32.1. The maximum Gasteiger partial charge on any atom is 0.433 e. The fourth-order valence-electron chi connectivity index (χ4n) is 2.53. The predicted octanol–water partition coefficient (Wildman–Crippen LogP) is 3.38. The zero-order valence-corrected chi connectivity index (χ0v) is 13.2. The number of rotatable bonds is 5. The van der Waals surface area contributed by atoms with E-state index in [0.29, 0.717) is 13.0 Å². The minimum Gasteiger partial charge on any atom is -0.312 e. The van der Waals surface area contributed by atoms with Crippen LogP contribution < -0.4 is 5.32 Å². The van der Waals surface area contributed by atoms with Crippen LogP contribution in [-0.2, 0) is 26.2 Å². The van der Waals surface area contributed by atoms with E-state index < -0.39 is 11.9 Å². The molecular formula is C15H15F3N4S. The van der Waals surface area contributed by atoms with E-state index in [-0.39, 0.29) is 12.1 Å². The summed E-state index contributed by atoms with van der Waals surface area (Å²) in [6.45, 7) is 0.685. The second-order valence-corrected chi connectivity index (χ2v) is 6.00. The molecule has 1 N–H and O–H groups in total. The average Bonchev–Trinajstić information content (AvgIpc) is 3.07. The first-order valence-corrected chi connectivity index (χ1v) is 7.86.